The van der Waals surface area contributed by atoms with E-state index in [1.165, 1.54) is 12.7 Å². The van der Waals surface area contributed by atoms with Gasteiger partial charge in [-0.05, 0) is 42.0 Å². The molecule has 0 radical (unpaired) electrons. The molecule has 1 unspecified atom stereocenters. The highest BCUT2D eigenvalue weighted by Crippen LogP contribution is 2.45. The Bertz CT molecular complexity index is 1220. The molecule has 1 amide bonds. The van der Waals surface area contributed by atoms with Crippen molar-refractivity contribution in [1.82, 2.24) is 4.90 Å². The fraction of sp³-hybridized carbons (Fsp3) is 0.345. The molecule has 188 valence electrons. The lowest BCUT2D eigenvalue weighted by Crippen LogP contribution is -2.38. The number of phenols is 1. The summed E-state index contributed by atoms with van der Waals surface area (Å²) in [5.74, 6) is 2.31. The van der Waals surface area contributed by atoms with Gasteiger partial charge in [-0.2, -0.15) is 0 Å². The molecule has 0 bridgehead atoms. The van der Waals surface area contributed by atoms with Crippen LogP contribution in [0.5, 0.6) is 28.7 Å². The molecule has 1 atom stereocenters. The molecular formula is C29H31NO6. The first kappa shape index (κ1) is 23.9. The van der Waals surface area contributed by atoms with Crippen molar-refractivity contribution in [2.75, 3.05) is 34.1 Å². The first-order valence-corrected chi connectivity index (χ1v) is 12.2. The highest BCUT2D eigenvalue weighted by molar-refractivity contribution is 5.78. The molecule has 1 N–H and O–H groups in total. The van der Waals surface area contributed by atoms with Crippen molar-refractivity contribution >= 4 is 5.91 Å². The highest BCUT2D eigenvalue weighted by Gasteiger charge is 2.31. The predicted octanol–water partition coefficient (Wildman–Crippen LogP) is 5.07. The van der Waals surface area contributed by atoms with Gasteiger partial charge in [-0.3, -0.25) is 4.79 Å². The van der Waals surface area contributed by atoms with Crippen LogP contribution in [0.3, 0.4) is 0 Å². The van der Waals surface area contributed by atoms with Crippen molar-refractivity contribution in [2.45, 2.75) is 31.1 Å². The highest BCUT2D eigenvalue weighted by atomic mass is 16.7. The topological polar surface area (TPSA) is 77.5 Å². The smallest absolute Gasteiger partial charge is 0.231 e. The Morgan fingerprint density at radius 1 is 1.00 bits per heavy atom. The number of likely N-dealkylation sites (tertiary alicyclic amines) is 1. The van der Waals surface area contributed by atoms with Gasteiger partial charge in [0.1, 0.15) is 17.2 Å². The van der Waals surface area contributed by atoms with Gasteiger partial charge >= 0.3 is 0 Å². The Morgan fingerprint density at radius 2 is 1.75 bits per heavy atom. The van der Waals surface area contributed by atoms with E-state index in [-0.39, 0.29) is 24.9 Å². The number of rotatable bonds is 7. The normalized spacial score (nSPS) is 16.0. The number of ether oxygens (including phenoxy) is 4. The van der Waals surface area contributed by atoms with E-state index in [0.717, 1.165) is 18.4 Å². The van der Waals surface area contributed by atoms with E-state index in [9.17, 15) is 9.90 Å². The summed E-state index contributed by atoms with van der Waals surface area (Å²) in [7, 11) is 3.08. The molecule has 1 fully saturated rings. The number of benzene rings is 3. The van der Waals surface area contributed by atoms with Crippen LogP contribution in [0.25, 0.3) is 0 Å². The Balaban J connectivity index is 1.42. The summed E-state index contributed by atoms with van der Waals surface area (Å²) in [5.41, 5.74) is 2.71. The Kier molecular flexibility index (Phi) is 6.89. The molecular weight excluding hydrogens is 458 g/mol. The number of amides is 1. The summed E-state index contributed by atoms with van der Waals surface area (Å²) in [6, 6.07) is 19.4. The summed E-state index contributed by atoms with van der Waals surface area (Å²) < 4.78 is 22.0. The summed E-state index contributed by atoms with van der Waals surface area (Å²) in [6.07, 6.45) is 2.05. The first-order valence-electron chi connectivity index (χ1n) is 12.2. The van der Waals surface area contributed by atoms with Gasteiger partial charge in [0.2, 0.25) is 12.7 Å². The quantitative estimate of drug-likeness (QED) is 0.500. The van der Waals surface area contributed by atoms with Gasteiger partial charge in [0.25, 0.3) is 0 Å². The number of piperidine rings is 1. The molecule has 2 aliphatic heterocycles. The maximum atomic E-state index is 13.6. The molecule has 2 aliphatic rings. The van der Waals surface area contributed by atoms with Gasteiger partial charge in [0, 0.05) is 43.1 Å². The van der Waals surface area contributed by atoms with Crippen molar-refractivity contribution in [2.24, 2.45) is 0 Å². The van der Waals surface area contributed by atoms with Crippen LogP contribution in [0.2, 0.25) is 0 Å². The number of methoxy groups -OCH3 is 2. The standard InChI is InChI=1S/C29H31NO6/c1-33-22-15-24(31)29(27(16-22)34-2)23(21-8-9-25-26(14-21)36-18-35-25)17-28(32)30-12-10-20(11-13-30)19-6-4-3-5-7-19/h3-9,14-16,20,23,31H,10-13,17-18H2,1-2H3. The number of fused-ring (bicyclic) bond motifs is 1. The average molecular weight is 490 g/mol. The van der Waals surface area contributed by atoms with Crippen molar-refractivity contribution < 1.29 is 28.8 Å². The van der Waals surface area contributed by atoms with Crippen LogP contribution in [-0.4, -0.2) is 50.0 Å². The largest absolute Gasteiger partial charge is 0.507 e. The van der Waals surface area contributed by atoms with Crippen molar-refractivity contribution in [3.63, 3.8) is 0 Å². The number of carbonyl (C=O) groups is 1. The van der Waals surface area contributed by atoms with E-state index < -0.39 is 5.92 Å². The number of hydrogen-bond donors (Lipinski definition) is 1. The van der Waals surface area contributed by atoms with E-state index in [0.29, 0.717) is 47.6 Å². The van der Waals surface area contributed by atoms with Gasteiger partial charge in [-0.15, -0.1) is 0 Å². The molecule has 36 heavy (non-hydrogen) atoms. The maximum absolute atomic E-state index is 13.6. The molecule has 0 aliphatic carbocycles. The zero-order valence-corrected chi connectivity index (χ0v) is 20.6. The average Bonchev–Trinajstić information content (AvgIpc) is 3.40. The van der Waals surface area contributed by atoms with Gasteiger partial charge in [-0.25, -0.2) is 0 Å². The van der Waals surface area contributed by atoms with Crippen molar-refractivity contribution in [1.29, 1.82) is 0 Å². The second-order valence-electron chi connectivity index (χ2n) is 9.20. The van der Waals surface area contributed by atoms with Crippen LogP contribution >= 0.6 is 0 Å². The third-order valence-electron chi connectivity index (χ3n) is 7.19. The minimum atomic E-state index is -0.445. The monoisotopic (exact) mass is 489 g/mol. The molecule has 3 aromatic carbocycles. The van der Waals surface area contributed by atoms with Gasteiger partial charge in [0.05, 0.1) is 14.2 Å². The number of carbonyl (C=O) groups excluding carboxylic acids is 1. The third-order valence-corrected chi connectivity index (χ3v) is 7.19. The molecule has 3 aromatic rings. The summed E-state index contributed by atoms with van der Waals surface area (Å²) in [5, 5.41) is 11.0. The summed E-state index contributed by atoms with van der Waals surface area (Å²) in [6.45, 7) is 1.58. The van der Waals surface area contributed by atoms with Crippen LogP contribution in [-0.2, 0) is 4.79 Å². The third kappa shape index (κ3) is 4.78. The summed E-state index contributed by atoms with van der Waals surface area (Å²) >= 11 is 0. The molecule has 7 heteroatoms. The minimum absolute atomic E-state index is 0.0180. The second kappa shape index (κ2) is 10.4. The predicted molar refractivity (Wildman–Crippen MR) is 135 cm³/mol. The first-order chi connectivity index (χ1) is 17.6. The molecule has 0 saturated carbocycles. The molecule has 1 saturated heterocycles. The Morgan fingerprint density at radius 3 is 2.47 bits per heavy atom. The lowest BCUT2D eigenvalue weighted by molar-refractivity contribution is -0.132. The van der Waals surface area contributed by atoms with Crippen molar-refractivity contribution in [3.05, 3.63) is 77.4 Å². The molecule has 5 rings (SSSR count). The second-order valence-corrected chi connectivity index (χ2v) is 9.20. The molecule has 7 nitrogen and oxygen atoms in total. The van der Waals surface area contributed by atoms with Crippen LogP contribution in [0.15, 0.2) is 60.7 Å². The van der Waals surface area contributed by atoms with Gasteiger partial charge < -0.3 is 29.0 Å². The number of hydrogen-bond acceptors (Lipinski definition) is 6. The van der Waals surface area contributed by atoms with Crippen LogP contribution in [0.4, 0.5) is 0 Å². The van der Waals surface area contributed by atoms with Crippen LogP contribution < -0.4 is 18.9 Å². The molecule has 0 spiro atoms. The van der Waals surface area contributed by atoms with E-state index >= 15 is 0 Å². The van der Waals surface area contributed by atoms with E-state index in [1.54, 1.807) is 19.2 Å². The fourth-order valence-corrected chi connectivity index (χ4v) is 5.23. The molecule has 2 heterocycles. The summed E-state index contributed by atoms with van der Waals surface area (Å²) in [4.78, 5) is 15.5. The Hall–Kier alpha value is -3.87. The fourth-order valence-electron chi connectivity index (χ4n) is 5.23. The van der Waals surface area contributed by atoms with Crippen LogP contribution in [0, 0.1) is 0 Å². The zero-order chi connectivity index (χ0) is 25.1. The SMILES string of the molecule is COc1cc(O)c(C(CC(=O)N2CCC(c3ccccc3)CC2)c2ccc3c(c2)OCO3)c(OC)c1. The number of phenolic OH excluding ortho intramolecular Hbond substituents is 1. The Labute approximate surface area is 211 Å². The van der Waals surface area contributed by atoms with E-state index in [4.69, 9.17) is 18.9 Å². The maximum Gasteiger partial charge on any atom is 0.231 e. The van der Waals surface area contributed by atoms with E-state index in [1.807, 2.05) is 29.2 Å². The van der Waals surface area contributed by atoms with Gasteiger partial charge in [-0.1, -0.05) is 36.4 Å². The minimum Gasteiger partial charge on any atom is -0.507 e. The lowest BCUT2D eigenvalue weighted by Gasteiger charge is -2.33. The van der Waals surface area contributed by atoms with E-state index in [2.05, 4.69) is 24.3 Å². The number of aromatic hydroxyl groups is 1. The molecule has 0 aromatic heterocycles. The number of nitrogens with zero attached hydrogens (tertiary/aromatic N) is 1. The zero-order valence-electron chi connectivity index (χ0n) is 20.6. The lowest BCUT2D eigenvalue weighted by atomic mass is 9.85. The van der Waals surface area contributed by atoms with Crippen LogP contribution in [0.1, 0.15) is 47.8 Å². The van der Waals surface area contributed by atoms with Crippen molar-refractivity contribution in [3.8, 4) is 28.7 Å². The van der Waals surface area contributed by atoms with Gasteiger partial charge in [0.15, 0.2) is 11.5 Å².